The number of carbonyl (C=O) groups excluding carboxylic acids is 1. The Morgan fingerprint density at radius 2 is 1.81 bits per heavy atom. The number of aliphatic hydroxyl groups excluding tert-OH is 1. The van der Waals surface area contributed by atoms with Crippen molar-refractivity contribution in [3.8, 4) is 11.5 Å². The minimum atomic E-state index is -0.275. The van der Waals surface area contributed by atoms with Gasteiger partial charge in [0.2, 0.25) is 0 Å². The van der Waals surface area contributed by atoms with Gasteiger partial charge in [-0.05, 0) is 49.7 Å². The number of hydrogen-bond donors (Lipinski definition) is 3. The largest absolute Gasteiger partial charge is 0.494 e. The van der Waals surface area contributed by atoms with Gasteiger partial charge in [0, 0.05) is 0 Å². The van der Waals surface area contributed by atoms with Crippen molar-refractivity contribution in [2.45, 2.75) is 26.3 Å². The van der Waals surface area contributed by atoms with Crippen LogP contribution in [0.1, 0.15) is 20.3 Å². The van der Waals surface area contributed by atoms with Gasteiger partial charge in [0.25, 0.3) is 5.91 Å². The molecule has 0 saturated carbocycles. The summed E-state index contributed by atoms with van der Waals surface area (Å²) in [6.07, 6.45) is 2.35. The van der Waals surface area contributed by atoms with Crippen LogP contribution in [0.15, 0.2) is 42.6 Å². The topological polar surface area (TPSA) is 92.7 Å². The van der Waals surface area contributed by atoms with Gasteiger partial charge in [0.1, 0.15) is 17.3 Å². The Kier molecular flexibility index (Phi) is 7.70. The maximum Gasteiger partial charge on any atom is 0.262 e. The average molecular weight is 359 g/mol. The van der Waals surface area contributed by atoms with Gasteiger partial charge in [-0.25, -0.2) is 4.98 Å². The van der Waals surface area contributed by atoms with E-state index in [2.05, 4.69) is 15.6 Å². The molecule has 26 heavy (non-hydrogen) atoms. The maximum absolute atomic E-state index is 12.0. The quantitative estimate of drug-likeness (QED) is 0.604. The van der Waals surface area contributed by atoms with Crippen LogP contribution in [0.5, 0.6) is 11.5 Å². The molecule has 2 rings (SSSR count). The van der Waals surface area contributed by atoms with Crippen LogP contribution in [0.2, 0.25) is 0 Å². The van der Waals surface area contributed by atoms with E-state index in [0.717, 1.165) is 12.2 Å². The minimum absolute atomic E-state index is 0.0366. The van der Waals surface area contributed by atoms with Crippen LogP contribution in [0.3, 0.4) is 0 Å². The van der Waals surface area contributed by atoms with E-state index in [1.54, 1.807) is 42.6 Å². The van der Waals surface area contributed by atoms with Crippen LogP contribution in [0.4, 0.5) is 11.5 Å². The van der Waals surface area contributed by atoms with E-state index in [4.69, 9.17) is 9.47 Å². The molecular formula is C19H25N3O4. The summed E-state index contributed by atoms with van der Waals surface area (Å²) >= 11 is 0. The fourth-order valence-electron chi connectivity index (χ4n) is 2.18. The third-order valence-electron chi connectivity index (χ3n) is 3.62. The molecule has 1 amide bonds. The molecule has 0 fully saturated rings. The number of benzene rings is 1. The van der Waals surface area contributed by atoms with E-state index in [-0.39, 0.29) is 25.2 Å². The first-order valence-corrected chi connectivity index (χ1v) is 8.63. The molecule has 3 N–H and O–H groups in total. The molecule has 2 aromatic rings. The first-order valence-electron chi connectivity index (χ1n) is 8.63. The number of aliphatic hydroxyl groups is 1. The second-order valence-corrected chi connectivity index (χ2v) is 5.61. The van der Waals surface area contributed by atoms with E-state index >= 15 is 0 Å². The van der Waals surface area contributed by atoms with Gasteiger partial charge in [-0.1, -0.05) is 6.92 Å². The summed E-state index contributed by atoms with van der Waals surface area (Å²) in [5.41, 5.74) is 0.577. The number of aromatic nitrogens is 1. The van der Waals surface area contributed by atoms with Crippen LogP contribution >= 0.6 is 0 Å². The van der Waals surface area contributed by atoms with Gasteiger partial charge in [0.15, 0.2) is 6.61 Å². The molecule has 0 spiro atoms. The smallest absolute Gasteiger partial charge is 0.262 e. The highest BCUT2D eigenvalue weighted by Crippen LogP contribution is 2.17. The molecule has 0 aliphatic rings. The molecule has 1 atom stereocenters. The Labute approximate surface area is 153 Å². The molecule has 1 aromatic heterocycles. The number of anilines is 2. The first-order chi connectivity index (χ1) is 12.6. The number of hydrogen-bond acceptors (Lipinski definition) is 6. The summed E-state index contributed by atoms with van der Waals surface area (Å²) in [6, 6.07) is 10.6. The Morgan fingerprint density at radius 1 is 1.12 bits per heavy atom. The molecule has 0 bridgehead atoms. The molecule has 1 unspecified atom stereocenters. The number of amides is 1. The van der Waals surface area contributed by atoms with Gasteiger partial charge >= 0.3 is 0 Å². The van der Waals surface area contributed by atoms with Crippen molar-refractivity contribution in [1.82, 2.24) is 4.98 Å². The zero-order chi connectivity index (χ0) is 18.8. The first kappa shape index (κ1) is 19.5. The molecule has 0 radical (unpaired) electrons. The number of ether oxygens (including phenoxy) is 2. The normalized spacial score (nSPS) is 11.5. The van der Waals surface area contributed by atoms with E-state index in [9.17, 15) is 9.90 Å². The number of carbonyl (C=O) groups is 1. The van der Waals surface area contributed by atoms with E-state index in [1.165, 1.54) is 0 Å². The molecule has 0 saturated heterocycles. The van der Waals surface area contributed by atoms with Crippen molar-refractivity contribution in [3.05, 3.63) is 42.6 Å². The molecule has 140 valence electrons. The molecule has 1 heterocycles. The summed E-state index contributed by atoms with van der Waals surface area (Å²) in [5, 5.41) is 15.0. The average Bonchev–Trinajstić information content (AvgIpc) is 2.67. The predicted molar refractivity (Wildman–Crippen MR) is 101 cm³/mol. The molecule has 0 aliphatic heterocycles. The minimum Gasteiger partial charge on any atom is -0.494 e. The van der Waals surface area contributed by atoms with E-state index < -0.39 is 0 Å². The van der Waals surface area contributed by atoms with Crippen molar-refractivity contribution < 1.29 is 19.4 Å². The van der Waals surface area contributed by atoms with Crippen molar-refractivity contribution >= 4 is 17.4 Å². The Hall–Kier alpha value is -2.80. The fourth-order valence-corrected chi connectivity index (χ4v) is 2.18. The fraction of sp³-hybridized carbons (Fsp3) is 0.368. The number of pyridine rings is 1. The van der Waals surface area contributed by atoms with Crippen molar-refractivity contribution in [2.24, 2.45) is 0 Å². The van der Waals surface area contributed by atoms with Crippen molar-refractivity contribution in [3.63, 3.8) is 0 Å². The highest BCUT2D eigenvalue weighted by atomic mass is 16.5. The maximum atomic E-state index is 12.0. The molecular weight excluding hydrogens is 334 g/mol. The summed E-state index contributed by atoms with van der Waals surface area (Å²) < 4.78 is 10.8. The second-order valence-electron chi connectivity index (χ2n) is 5.61. The van der Waals surface area contributed by atoms with E-state index in [1.807, 2.05) is 13.8 Å². The molecule has 7 nitrogen and oxygen atoms in total. The third kappa shape index (κ3) is 6.25. The summed E-state index contributed by atoms with van der Waals surface area (Å²) in [6.45, 7) is 4.44. The summed E-state index contributed by atoms with van der Waals surface area (Å²) in [4.78, 5) is 16.2. The molecule has 0 aliphatic carbocycles. The second kappa shape index (κ2) is 10.2. The van der Waals surface area contributed by atoms with Gasteiger partial charge in [-0.15, -0.1) is 0 Å². The number of nitrogens with one attached hydrogen (secondary N) is 2. The van der Waals surface area contributed by atoms with Crippen LogP contribution in [0, 0.1) is 0 Å². The number of rotatable bonds is 10. The highest BCUT2D eigenvalue weighted by Gasteiger charge is 2.07. The SMILES string of the molecule is CCOc1ccc(OCC(=O)Nc2ccc(NC(CC)CO)nc2)cc1. The highest BCUT2D eigenvalue weighted by molar-refractivity contribution is 5.91. The lowest BCUT2D eigenvalue weighted by Crippen LogP contribution is -2.23. The van der Waals surface area contributed by atoms with Gasteiger partial charge in [-0.3, -0.25) is 4.79 Å². The lowest BCUT2D eigenvalue weighted by atomic mass is 10.2. The zero-order valence-electron chi connectivity index (χ0n) is 15.1. The number of nitrogens with zero attached hydrogens (tertiary/aromatic N) is 1. The van der Waals surface area contributed by atoms with Gasteiger partial charge < -0.3 is 25.2 Å². The summed E-state index contributed by atoms with van der Waals surface area (Å²) in [5.74, 6) is 1.73. The predicted octanol–water partition coefficient (Wildman–Crippen LogP) is 2.68. The molecule has 1 aromatic carbocycles. The van der Waals surface area contributed by atoms with Crippen LogP contribution in [-0.4, -0.2) is 41.9 Å². The van der Waals surface area contributed by atoms with Crippen LogP contribution in [-0.2, 0) is 4.79 Å². The zero-order valence-corrected chi connectivity index (χ0v) is 15.1. The monoisotopic (exact) mass is 359 g/mol. The van der Waals surface area contributed by atoms with Crippen LogP contribution in [0.25, 0.3) is 0 Å². The van der Waals surface area contributed by atoms with Crippen molar-refractivity contribution in [2.75, 3.05) is 30.5 Å². The molecule has 7 heteroatoms. The van der Waals surface area contributed by atoms with Gasteiger partial charge in [-0.2, -0.15) is 0 Å². The standard InChI is InChI=1S/C19H25N3O4/c1-3-14(12-23)21-18-10-5-15(11-20-18)22-19(24)13-26-17-8-6-16(7-9-17)25-4-2/h5-11,14,23H,3-4,12-13H2,1-2H3,(H,20,21)(H,22,24). The Morgan fingerprint density at radius 3 is 2.35 bits per heavy atom. The van der Waals surface area contributed by atoms with E-state index in [0.29, 0.717) is 23.9 Å². The third-order valence-corrected chi connectivity index (χ3v) is 3.62. The Bertz CT molecular complexity index is 670. The van der Waals surface area contributed by atoms with Crippen LogP contribution < -0.4 is 20.1 Å². The lowest BCUT2D eigenvalue weighted by molar-refractivity contribution is -0.118. The van der Waals surface area contributed by atoms with Gasteiger partial charge in [0.05, 0.1) is 31.1 Å². The lowest BCUT2D eigenvalue weighted by Gasteiger charge is -2.14. The summed E-state index contributed by atoms with van der Waals surface area (Å²) in [7, 11) is 0. The Balaban J connectivity index is 1.80. The van der Waals surface area contributed by atoms with Crippen molar-refractivity contribution in [1.29, 1.82) is 0 Å².